The zero-order valence-electron chi connectivity index (χ0n) is 16.9. The molecule has 0 aliphatic heterocycles. The van der Waals surface area contributed by atoms with E-state index < -0.39 is 15.4 Å². The third-order valence-electron chi connectivity index (χ3n) is 5.65. The minimum atomic E-state index is -3.65. The zero-order chi connectivity index (χ0) is 20.5. The Balaban J connectivity index is 1.76. The first-order valence-electron chi connectivity index (χ1n) is 9.69. The van der Waals surface area contributed by atoms with Crippen LogP contribution >= 0.6 is 0 Å². The lowest BCUT2D eigenvalue weighted by atomic mass is 9.94. The molecule has 3 rings (SSSR count). The summed E-state index contributed by atoms with van der Waals surface area (Å²) in [7, 11) is -3.65. The molecular weight excluding hydrogens is 372 g/mol. The van der Waals surface area contributed by atoms with Crippen molar-refractivity contribution in [2.75, 3.05) is 4.72 Å². The second kappa shape index (κ2) is 7.59. The first kappa shape index (κ1) is 20.4. The van der Waals surface area contributed by atoms with Crippen molar-refractivity contribution >= 4 is 21.6 Å². The highest BCUT2D eigenvalue weighted by Crippen LogP contribution is 2.48. The van der Waals surface area contributed by atoms with Crippen LogP contribution in [0.3, 0.4) is 0 Å². The van der Waals surface area contributed by atoms with Gasteiger partial charge in [-0.25, -0.2) is 8.42 Å². The molecule has 6 heteroatoms. The molecule has 5 nitrogen and oxygen atoms in total. The molecule has 0 saturated heterocycles. The fourth-order valence-corrected chi connectivity index (χ4v) is 4.33. The Morgan fingerprint density at radius 3 is 2.25 bits per heavy atom. The lowest BCUT2D eigenvalue weighted by Crippen LogP contribution is -2.39. The van der Waals surface area contributed by atoms with Gasteiger partial charge in [-0.15, -0.1) is 0 Å². The molecule has 1 aliphatic carbocycles. The summed E-state index contributed by atoms with van der Waals surface area (Å²) < 4.78 is 27.9. The largest absolute Gasteiger partial charge is 0.353 e. The number of carbonyl (C=O) groups is 1. The first-order chi connectivity index (χ1) is 13.2. The fraction of sp³-hybridized carbons (Fsp3) is 0.409. The van der Waals surface area contributed by atoms with Gasteiger partial charge >= 0.3 is 0 Å². The Hall–Kier alpha value is -2.34. The van der Waals surface area contributed by atoms with Gasteiger partial charge < -0.3 is 5.32 Å². The van der Waals surface area contributed by atoms with Crippen LogP contribution in [0.4, 0.5) is 5.69 Å². The van der Waals surface area contributed by atoms with E-state index in [-0.39, 0.29) is 16.8 Å². The van der Waals surface area contributed by atoms with Crippen LogP contribution in [0.2, 0.25) is 0 Å². The molecule has 0 aromatic heterocycles. The van der Waals surface area contributed by atoms with E-state index in [0.29, 0.717) is 5.69 Å². The van der Waals surface area contributed by atoms with Gasteiger partial charge in [0.15, 0.2) is 0 Å². The highest BCUT2D eigenvalue weighted by molar-refractivity contribution is 7.92. The maximum Gasteiger partial charge on any atom is 0.261 e. The maximum atomic E-state index is 12.6. The Bertz CT molecular complexity index is 977. The van der Waals surface area contributed by atoms with Gasteiger partial charge in [-0.05, 0) is 81.0 Å². The topological polar surface area (TPSA) is 75.3 Å². The summed E-state index contributed by atoms with van der Waals surface area (Å²) in [4.78, 5) is 12.9. The molecule has 2 aromatic rings. The van der Waals surface area contributed by atoms with Gasteiger partial charge in [0.05, 0.1) is 10.3 Å². The molecule has 150 valence electrons. The van der Waals surface area contributed by atoms with Crippen LogP contribution in [0.25, 0.3) is 0 Å². The summed E-state index contributed by atoms with van der Waals surface area (Å²) in [6.45, 7) is 7.88. The molecule has 1 fully saturated rings. The number of carbonyl (C=O) groups excluding carboxylic acids is 1. The highest BCUT2D eigenvalue weighted by atomic mass is 32.2. The summed E-state index contributed by atoms with van der Waals surface area (Å²) in [5.74, 6) is 0.0605. The van der Waals surface area contributed by atoms with Gasteiger partial charge in [-0.2, -0.15) is 0 Å². The number of amides is 1. The van der Waals surface area contributed by atoms with E-state index in [2.05, 4.69) is 10.0 Å². The van der Waals surface area contributed by atoms with Crippen molar-refractivity contribution in [2.24, 2.45) is 0 Å². The molecule has 1 amide bonds. The second-order valence-corrected chi connectivity index (χ2v) is 9.48. The Labute approximate surface area is 167 Å². The van der Waals surface area contributed by atoms with Crippen molar-refractivity contribution < 1.29 is 13.2 Å². The monoisotopic (exact) mass is 400 g/mol. The van der Waals surface area contributed by atoms with Crippen LogP contribution in [-0.4, -0.2) is 20.4 Å². The summed E-state index contributed by atoms with van der Waals surface area (Å²) in [5.41, 5.74) is 2.94. The Kier molecular flexibility index (Phi) is 5.53. The van der Waals surface area contributed by atoms with Crippen molar-refractivity contribution in [1.29, 1.82) is 0 Å². The van der Waals surface area contributed by atoms with E-state index in [4.69, 9.17) is 0 Å². The van der Waals surface area contributed by atoms with Crippen LogP contribution in [0.15, 0.2) is 47.4 Å². The van der Waals surface area contributed by atoms with Crippen LogP contribution in [0.5, 0.6) is 0 Å². The fourth-order valence-electron chi connectivity index (χ4n) is 3.19. The van der Waals surface area contributed by atoms with E-state index in [1.165, 1.54) is 0 Å². The molecule has 0 radical (unpaired) electrons. The lowest BCUT2D eigenvalue weighted by Gasteiger charge is -2.19. The molecule has 0 bridgehead atoms. The Morgan fingerprint density at radius 2 is 1.71 bits per heavy atom. The van der Waals surface area contributed by atoms with E-state index in [1.807, 2.05) is 39.8 Å². The molecule has 2 aromatic carbocycles. The number of hydrogen-bond donors (Lipinski definition) is 2. The van der Waals surface area contributed by atoms with Crippen molar-refractivity contribution in [1.82, 2.24) is 5.32 Å². The summed E-state index contributed by atoms with van der Waals surface area (Å²) in [5, 5.41) is 3.06. The summed E-state index contributed by atoms with van der Waals surface area (Å²) >= 11 is 0. The van der Waals surface area contributed by atoms with Gasteiger partial charge in [-0.3, -0.25) is 9.52 Å². The smallest absolute Gasteiger partial charge is 0.261 e. The van der Waals surface area contributed by atoms with Crippen molar-refractivity contribution in [3.05, 3.63) is 59.2 Å². The maximum absolute atomic E-state index is 12.6. The van der Waals surface area contributed by atoms with Crippen LogP contribution in [0.1, 0.15) is 49.8 Å². The number of benzene rings is 2. The van der Waals surface area contributed by atoms with E-state index in [9.17, 15) is 13.2 Å². The standard InChI is InChI=1S/C22H28N2O3S/c1-5-17(4)23-21(25)22(12-13-22)18-7-9-19(10-8-18)24-28(26,27)20-11-6-15(2)16(3)14-20/h6-11,14,17,24H,5,12-13H2,1-4H3,(H,23,25). The van der Waals surface area contributed by atoms with Crippen molar-refractivity contribution in [3.63, 3.8) is 0 Å². The minimum Gasteiger partial charge on any atom is -0.353 e. The molecule has 1 unspecified atom stereocenters. The quantitative estimate of drug-likeness (QED) is 0.736. The number of aryl methyl sites for hydroxylation is 2. The minimum absolute atomic E-state index is 0.0605. The van der Waals surface area contributed by atoms with Crippen molar-refractivity contribution in [3.8, 4) is 0 Å². The van der Waals surface area contributed by atoms with E-state index in [0.717, 1.165) is 36.0 Å². The van der Waals surface area contributed by atoms with Crippen molar-refractivity contribution in [2.45, 2.75) is 63.3 Å². The number of sulfonamides is 1. The summed E-state index contributed by atoms with van der Waals surface area (Å²) in [6.07, 6.45) is 2.53. The molecule has 28 heavy (non-hydrogen) atoms. The highest BCUT2D eigenvalue weighted by Gasteiger charge is 2.51. The van der Waals surface area contributed by atoms with E-state index in [1.54, 1.807) is 30.3 Å². The number of rotatable bonds is 7. The third-order valence-corrected chi connectivity index (χ3v) is 7.03. The van der Waals surface area contributed by atoms with Gasteiger partial charge in [-0.1, -0.05) is 25.1 Å². The predicted octanol–water partition coefficient (Wildman–Crippen LogP) is 4.05. The summed E-state index contributed by atoms with van der Waals surface area (Å²) in [6, 6.07) is 12.4. The molecule has 1 aliphatic rings. The van der Waals surface area contributed by atoms with Gasteiger partial charge in [0.2, 0.25) is 5.91 Å². The normalized spacial score (nSPS) is 16.3. The number of nitrogens with one attached hydrogen (secondary N) is 2. The predicted molar refractivity (Wildman–Crippen MR) is 112 cm³/mol. The first-order valence-corrected chi connectivity index (χ1v) is 11.2. The molecular formula is C22H28N2O3S. The SMILES string of the molecule is CCC(C)NC(=O)C1(c2ccc(NS(=O)(=O)c3ccc(C)c(C)c3)cc2)CC1. The molecule has 0 heterocycles. The van der Waals surface area contributed by atoms with Crippen LogP contribution in [-0.2, 0) is 20.2 Å². The van der Waals surface area contributed by atoms with Crippen LogP contribution in [0, 0.1) is 13.8 Å². The zero-order valence-corrected chi connectivity index (χ0v) is 17.7. The molecule has 1 atom stereocenters. The Morgan fingerprint density at radius 1 is 1.07 bits per heavy atom. The van der Waals surface area contributed by atoms with Gasteiger partial charge in [0.1, 0.15) is 0 Å². The molecule has 1 saturated carbocycles. The van der Waals surface area contributed by atoms with Crippen LogP contribution < -0.4 is 10.0 Å². The van der Waals surface area contributed by atoms with Gasteiger partial charge in [0.25, 0.3) is 10.0 Å². The average molecular weight is 401 g/mol. The third kappa shape index (κ3) is 4.07. The average Bonchev–Trinajstić information content (AvgIpc) is 3.46. The number of anilines is 1. The van der Waals surface area contributed by atoms with Gasteiger partial charge in [0, 0.05) is 11.7 Å². The lowest BCUT2D eigenvalue weighted by molar-refractivity contribution is -0.124. The second-order valence-electron chi connectivity index (χ2n) is 7.79. The number of hydrogen-bond acceptors (Lipinski definition) is 3. The van der Waals surface area contributed by atoms with E-state index >= 15 is 0 Å². The molecule has 0 spiro atoms. The molecule has 2 N–H and O–H groups in total.